The van der Waals surface area contributed by atoms with Crippen molar-refractivity contribution in [3.05, 3.63) is 119 Å². The fourth-order valence-corrected chi connectivity index (χ4v) is 4.65. The van der Waals surface area contributed by atoms with Gasteiger partial charge in [0.2, 0.25) is 5.91 Å². The maximum atomic E-state index is 13.4. The lowest BCUT2D eigenvalue weighted by molar-refractivity contribution is -0.114. The monoisotopic (exact) mass is 611 g/mol. The third-order valence-electron chi connectivity index (χ3n) is 6.04. The first-order valence-corrected chi connectivity index (χ1v) is 14.4. The van der Waals surface area contributed by atoms with Crippen LogP contribution in [0.5, 0.6) is 11.5 Å². The van der Waals surface area contributed by atoms with Gasteiger partial charge in [0.1, 0.15) is 22.8 Å². The Bertz CT molecular complexity index is 1690. The molecule has 0 heterocycles. The predicted molar refractivity (Wildman–Crippen MR) is 169 cm³/mol. The maximum Gasteiger partial charge on any atom is 0.339 e. The van der Waals surface area contributed by atoms with Crippen molar-refractivity contribution in [2.45, 2.75) is 11.8 Å². The summed E-state index contributed by atoms with van der Waals surface area (Å²) in [6.07, 6.45) is 1.55. The minimum atomic E-state index is -1.31. The topological polar surface area (TPSA) is 154 Å². The molecule has 0 saturated carbocycles. The number of phenols is 1. The molecular weight excluding hydrogens is 582 g/mol. The molecule has 4 aromatic rings. The molecule has 4 aromatic carbocycles. The van der Waals surface area contributed by atoms with Crippen LogP contribution in [0.15, 0.2) is 108 Å². The summed E-state index contributed by atoms with van der Waals surface area (Å²) < 4.78 is 5.68. The number of carboxylic acid groups (broad SMARTS) is 1. The van der Waals surface area contributed by atoms with Gasteiger partial charge in [0, 0.05) is 27.4 Å². The number of aromatic hydroxyl groups is 1. The number of para-hydroxylation sites is 1. The summed E-state index contributed by atoms with van der Waals surface area (Å²) in [5.41, 5.74) is 1.42. The van der Waals surface area contributed by atoms with Crippen molar-refractivity contribution in [3.63, 3.8) is 0 Å². The number of carbonyl (C=O) groups is 4. The number of hydrogen-bond acceptors (Lipinski definition) is 7. The molecule has 0 unspecified atom stereocenters. The number of aromatic carboxylic acids is 1. The molecule has 3 amide bonds. The number of rotatable bonds is 12. The lowest BCUT2D eigenvalue weighted by Gasteiger charge is -2.13. The molecule has 0 saturated heterocycles. The molecule has 11 heteroatoms. The highest BCUT2D eigenvalue weighted by molar-refractivity contribution is 8.00. The Morgan fingerprint density at radius 1 is 0.841 bits per heavy atom. The van der Waals surface area contributed by atoms with Crippen LogP contribution in [0.1, 0.15) is 33.2 Å². The van der Waals surface area contributed by atoms with E-state index < -0.39 is 23.5 Å². The number of benzene rings is 4. The lowest BCUT2D eigenvalue weighted by Crippen LogP contribution is -2.30. The van der Waals surface area contributed by atoms with Crippen molar-refractivity contribution in [1.29, 1.82) is 0 Å². The van der Waals surface area contributed by atoms with Crippen molar-refractivity contribution >= 4 is 52.9 Å². The van der Waals surface area contributed by atoms with E-state index in [1.165, 1.54) is 30.0 Å². The molecule has 0 aliphatic carbocycles. The summed E-state index contributed by atoms with van der Waals surface area (Å²) >= 11 is 1.24. The van der Waals surface area contributed by atoms with Crippen LogP contribution in [0.3, 0.4) is 0 Å². The molecule has 5 N–H and O–H groups in total. The van der Waals surface area contributed by atoms with E-state index in [2.05, 4.69) is 16.0 Å². The molecule has 224 valence electrons. The van der Waals surface area contributed by atoms with Crippen molar-refractivity contribution < 1.29 is 34.1 Å². The van der Waals surface area contributed by atoms with E-state index in [0.717, 1.165) is 4.90 Å². The van der Waals surface area contributed by atoms with E-state index >= 15 is 0 Å². The molecule has 0 bridgehead atoms. The van der Waals surface area contributed by atoms with Crippen LogP contribution in [0, 0.1) is 0 Å². The van der Waals surface area contributed by atoms with Gasteiger partial charge >= 0.3 is 5.97 Å². The molecule has 0 radical (unpaired) electrons. The normalized spacial score (nSPS) is 10.9. The van der Waals surface area contributed by atoms with E-state index in [9.17, 15) is 24.3 Å². The lowest BCUT2D eigenvalue weighted by atomic mass is 10.1. The van der Waals surface area contributed by atoms with Crippen molar-refractivity contribution in [2.24, 2.45) is 0 Å². The van der Waals surface area contributed by atoms with Crippen molar-refractivity contribution in [1.82, 2.24) is 5.32 Å². The molecule has 0 fully saturated rings. The van der Waals surface area contributed by atoms with Gasteiger partial charge in [-0.1, -0.05) is 36.4 Å². The second-order valence-electron chi connectivity index (χ2n) is 9.20. The highest BCUT2D eigenvalue weighted by atomic mass is 32.2. The number of amides is 3. The number of carbonyl (C=O) groups excluding carboxylic acids is 3. The fourth-order valence-electron chi connectivity index (χ4n) is 3.95. The minimum absolute atomic E-state index is 0.0152. The molecule has 0 atom stereocenters. The molecule has 10 nitrogen and oxygen atoms in total. The van der Waals surface area contributed by atoms with Gasteiger partial charge in [-0.05, 0) is 73.7 Å². The van der Waals surface area contributed by atoms with Gasteiger partial charge in [-0.15, -0.1) is 11.8 Å². The Morgan fingerprint density at radius 3 is 2.23 bits per heavy atom. The molecule has 0 aliphatic rings. The van der Waals surface area contributed by atoms with Gasteiger partial charge in [0.25, 0.3) is 11.8 Å². The third kappa shape index (κ3) is 8.73. The number of carboxylic acids is 1. The minimum Gasteiger partial charge on any atom is -0.507 e. The molecule has 0 aromatic heterocycles. The van der Waals surface area contributed by atoms with Crippen molar-refractivity contribution in [2.75, 3.05) is 23.0 Å². The summed E-state index contributed by atoms with van der Waals surface area (Å²) in [4.78, 5) is 50.6. The first-order chi connectivity index (χ1) is 21.2. The smallest absolute Gasteiger partial charge is 0.339 e. The Hall–Kier alpha value is -5.55. The van der Waals surface area contributed by atoms with Gasteiger partial charge in [-0.3, -0.25) is 14.4 Å². The quantitative estimate of drug-likeness (QED) is 0.0785. The van der Waals surface area contributed by atoms with E-state index in [0.29, 0.717) is 29.2 Å². The van der Waals surface area contributed by atoms with Crippen LogP contribution in [0.2, 0.25) is 0 Å². The Labute approximate surface area is 257 Å². The van der Waals surface area contributed by atoms with E-state index in [4.69, 9.17) is 9.84 Å². The summed E-state index contributed by atoms with van der Waals surface area (Å²) in [7, 11) is 0. The average Bonchev–Trinajstić information content (AvgIpc) is 3.02. The van der Waals surface area contributed by atoms with Crippen LogP contribution in [-0.2, 0) is 9.59 Å². The van der Waals surface area contributed by atoms with Gasteiger partial charge in [0.05, 0.1) is 12.4 Å². The zero-order valence-corrected chi connectivity index (χ0v) is 24.4. The summed E-state index contributed by atoms with van der Waals surface area (Å²) in [5.74, 6) is -2.47. The Kier molecular flexibility index (Phi) is 10.8. The Morgan fingerprint density at radius 2 is 1.52 bits per heavy atom. The zero-order chi connectivity index (χ0) is 31.5. The van der Waals surface area contributed by atoms with Gasteiger partial charge in [-0.2, -0.15) is 0 Å². The molecule has 44 heavy (non-hydrogen) atoms. The number of anilines is 2. The van der Waals surface area contributed by atoms with E-state index in [1.807, 2.05) is 13.0 Å². The number of thioether (sulfide) groups is 1. The standard InChI is InChI=1S/C33H29N3O7S/c1-2-43-29-11-7-6-10-22(29)18-27(36-31(39)21-8-4-3-5-9-21)32(40)35-23-12-15-25(16-13-23)44-20-30(38)34-24-14-17-28(37)26(19-24)33(41)42/h3-19,37H,2,20H2,1H3,(H,34,38)(H,35,40)(H,36,39)(H,41,42)/b27-18-. The van der Waals surface area contributed by atoms with E-state index in [1.54, 1.807) is 78.9 Å². The number of nitrogens with one attached hydrogen (secondary N) is 3. The summed E-state index contributed by atoms with van der Waals surface area (Å²) in [6, 6.07) is 26.3. The number of ether oxygens (including phenoxy) is 1. The number of hydrogen-bond donors (Lipinski definition) is 5. The summed E-state index contributed by atoms with van der Waals surface area (Å²) in [5, 5.41) is 26.9. The first-order valence-electron chi connectivity index (χ1n) is 13.4. The fraction of sp³-hybridized carbons (Fsp3) is 0.0909. The molecular formula is C33H29N3O7S. The summed E-state index contributed by atoms with van der Waals surface area (Å²) in [6.45, 7) is 2.28. The van der Waals surface area contributed by atoms with Crippen LogP contribution >= 0.6 is 11.8 Å². The second-order valence-corrected chi connectivity index (χ2v) is 10.3. The highest BCUT2D eigenvalue weighted by Crippen LogP contribution is 2.25. The predicted octanol–water partition coefficient (Wildman–Crippen LogP) is 5.63. The zero-order valence-electron chi connectivity index (χ0n) is 23.6. The SMILES string of the molecule is CCOc1ccccc1/C=C(\NC(=O)c1ccccc1)C(=O)Nc1ccc(SCC(=O)Nc2ccc(O)c(C(=O)O)c2)cc1. The van der Waals surface area contributed by atoms with Gasteiger partial charge in [-0.25, -0.2) is 4.79 Å². The first kappa shape index (κ1) is 31.4. The van der Waals surface area contributed by atoms with Crippen molar-refractivity contribution in [3.8, 4) is 11.5 Å². The third-order valence-corrected chi connectivity index (χ3v) is 7.05. The van der Waals surface area contributed by atoms with Crippen LogP contribution in [0.4, 0.5) is 11.4 Å². The second kappa shape index (κ2) is 15.1. The maximum absolute atomic E-state index is 13.4. The van der Waals surface area contributed by atoms with Crippen LogP contribution in [0.25, 0.3) is 6.08 Å². The molecule has 0 aliphatic heterocycles. The van der Waals surface area contributed by atoms with Crippen LogP contribution in [-0.4, -0.2) is 46.3 Å². The van der Waals surface area contributed by atoms with Gasteiger partial charge < -0.3 is 30.9 Å². The van der Waals surface area contributed by atoms with E-state index in [-0.39, 0.29) is 28.6 Å². The Balaban J connectivity index is 1.42. The largest absolute Gasteiger partial charge is 0.507 e. The van der Waals surface area contributed by atoms with Gasteiger partial charge in [0.15, 0.2) is 0 Å². The molecule has 4 rings (SSSR count). The van der Waals surface area contributed by atoms with Crippen LogP contribution < -0.4 is 20.7 Å². The molecule has 0 spiro atoms. The highest BCUT2D eigenvalue weighted by Gasteiger charge is 2.17. The average molecular weight is 612 g/mol.